The molecule has 1 fully saturated rings. The zero-order valence-corrected chi connectivity index (χ0v) is 13.3. The number of rotatable bonds is 5. The molecule has 1 aliphatic heterocycles. The number of carbonyl (C=O) groups excluding carboxylic acids is 1. The quantitative estimate of drug-likeness (QED) is 0.912. The molecule has 2 aromatic rings. The van der Waals surface area contributed by atoms with Crippen molar-refractivity contribution in [3.05, 3.63) is 48.4 Å². The molecule has 0 radical (unpaired) electrons. The lowest BCUT2D eigenvalue weighted by Crippen LogP contribution is -2.37. The molecule has 0 saturated carbocycles. The molecule has 3 rings (SSSR count). The Bertz CT molecular complexity index is 725. The van der Waals surface area contributed by atoms with E-state index in [1.807, 2.05) is 18.2 Å². The van der Waals surface area contributed by atoms with E-state index in [2.05, 4.69) is 0 Å². The molecular formula is C18H19NO5. The van der Waals surface area contributed by atoms with Gasteiger partial charge in [-0.05, 0) is 30.2 Å². The molecule has 1 aromatic carbocycles. The monoisotopic (exact) mass is 329 g/mol. The zero-order valence-electron chi connectivity index (χ0n) is 13.3. The third kappa shape index (κ3) is 3.33. The normalized spacial score (nSPS) is 20.3. The minimum atomic E-state index is -0.915. The van der Waals surface area contributed by atoms with Crippen molar-refractivity contribution in [2.24, 2.45) is 0 Å². The topological polar surface area (TPSA) is 80.0 Å². The van der Waals surface area contributed by atoms with Crippen LogP contribution in [-0.2, 0) is 9.53 Å². The van der Waals surface area contributed by atoms with E-state index in [0.717, 1.165) is 11.1 Å². The molecule has 0 aliphatic carbocycles. The number of furan rings is 1. The van der Waals surface area contributed by atoms with Gasteiger partial charge in [0, 0.05) is 30.8 Å². The van der Waals surface area contributed by atoms with E-state index >= 15 is 0 Å². The first-order valence-electron chi connectivity index (χ1n) is 7.76. The van der Waals surface area contributed by atoms with Crippen LogP contribution in [0.2, 0.25) is 0 Å². The summed E-state index contributed by atoms with van der Waals surface area (Å²) >= 11 is 0. The summed E-state index contributed by atoms with van der Waals surface area (Å²) in [6.07, 6.45) is 3.53. The number of amides is 1. The van der Waals surface area contributed by atoms with Crippen LogP contribution in [0.15, 0.2) is 47.3 Å². The van der Waals surface area contributed by atoms with Gasteiger partial charge in [0.1, 0.15) is 0 Å². The fourth-order valence-electron chi connectivity index (χ4n) is 3.11. The molecule has 6 nitrogen and oxygen atoms in total. The molecule has 1 saturated heterocycles. The third-order valence-corrected chi connectivity index (χ3v) is 4.34. The Morgan fingerprint density at radius 2 is 2.17 bits per heavy atom. The zero-order chi connectivity index (χ0) is 17.1. The second-order valence-electron chi connectivity index (χ2n) is 5.90. The van der Waals surface area contributed by atoms with Gasteiger partial charge in [-0.1, -0.05) is 12.1 Å². The van der Waals surface area contributed by atoms with Gasteiger partial charge in [-0.15, -0.1) is 0 Å². The van der Waals surface area contributed by atoms with Crippen LogP contribution in [0.1, 0.15) is 23.2 Å². The third-order valence-electron chi connectivity index (χ3n) is 4.34. The number of benzene rings is 1. The van der Waals surface area contributed by atoms with Crippen molar-refractivity contribution in [3.63, 3.8) is 0 Å². The van der Waals surface area contributed by atoms with E-state index in [4.69, 9.17) is 14.3 Å². The van der Waals surface area contributed by atoms with Crippen molar-refractivity contribution in [2.45, 2.75) is 25.0 Å². The van der Waals surface area contributed by atoms with E-state index in [-0.39, 0.29) is 24.5 Å². The van der Waals surface area contributed by atoms with E-state index in [1.54, 1.807) is 36.7 Å². The van der Waals surface area contributed by atoms with Gasteiger partial charge in [0.15, 0.2) is 0 Å². The molecule has 2 atom stereocenters. The predicted molar refractivity (Wildman–Crippen MR) is 86.6 cm³/mol. The molecule has 1 aromatic heterocycles. The highest BCUT2D eigenvalue weighted by atomic mass is 16.5. The molecule has 2 unspecified atom stereocenters. The summed E-state index contributed by atoms with van der Waals surface area (Å²) in [5.41, 5.74) is 2.30. The molecule has 0 spiro atoms. The number of methoxy groups -OCH3 is 1. The number of nitrogens with zero attached hydrogens (tertiary/aromatic N) is 1. The van der Waals surface area contributed by atoms with E-state index in [9.17, 15) is 9.59 Å². The van der Waals surface area contributed by atoms with Crippen LogP contribution in [0.25, 0.3) is 11.1 Å². The van der Waals surface area contributed by atoms with Crippen LogP contribution in [0, 0.1) is 0 Å². The van der Waals surface area contributed by atoms with Crippen molar-refractivity contribution in [2.75, 3.05) is 13.7 Å². The van der Waals surface area contributed by atoms with Crippen LogP contribution in [0.5, 0.6) is 0 Å². The number of aliphatic carboxylic acids is 1. The first-order chi connectivity index (χ1) is 11.6. The highest BCUT2D eigenvalue weighted by Gasteiger charge is 2.36. The van der Waals surface area contributed by atoms with Gasteiger partial charge in [-0.3, -0.25) is 9.59 Å². The summed E-state index contributed by atoms with van der Waals surface area (Å²) < 4.78 is 10.4. The fraction of sp³-hybridized carbons (Fsp3) is 0.333. The Labute approximate surface area is 139 Å². The molecular weight excluding hydrogens is 310 g/mol. The van der Waals surface area contributed by atoms with Crippen molar-refractivity contribution < 1.29 is 23.8 Å². The Morgan fingerprint density at radius 3 is 2.83 bits per heavy atom. The summed E-state index contributed by atoms with van der Waals surface area (Å²) in [6.45, 7) is 0.406. The number of hydrogen-bond donors (Lipinski definition) is 1. The first kappa shape index (κ1) is 16.3. The van der Waals surface area contributed by atoms with Gasteiger partial charge in [-0.2, -0.15) is 0 Å². The molecule has 1 aliphatic rings. The SMILES string of the molecule is COC1CC(CC(=O)O)N(C(=O)c2cccc(-c3ccoc3)c2)C1. The van der Waals surface area contributed by atoms with E-state index in [0.29, 0.717) is 18.5 Å². The summed E-state index contributed by atoms with van der Waals surface area (Å²) in [6, 6.07) is 8.73. The van der Waals surface area contributed by atoms with Crippen molar-refractivity contribution in [3.8, 4) is 11.1 Å². The molecule has 1 amide bonds. The maximum Gasteiger partial charge on any atom is 0.305 e. The lowest BCUT2D eigenvalue weighted by Gasteiger charge is -2.23. The Kier molecular flexibility index (Phi) is 4.66. The minimum absolute atomic E-state index is 0.0764. The van der Waals surface area contributed by atoms with Gasteiger partial charge >= 0.3 is 5.97 Å². The second kappa shape index (κ2) is 6.88. The molecule has 0 bridgehead atoms. The first-order valence-corrected chi connectivity index (χ1v) is 7.76. The van der Waals surface area contributed by atoms with Gasteiger partial charge < -0.3 is 19.2 Å². The number of carboxylic acid groups (broad SMARTS) is 1. The number of carbonyl (C=O) groups is 2. The van der Waals surface area contributed by atoms with E-state index < -0.39 is 5.97 Å². The van der Waals surface area contributed by atoms with Gasteiger partial charge in [0.05, 0.1) is 25.1 Å². The molecule has 1 N–H and O–H groups in total. The Hall–Kier alpha value is -2.60. The molecule has 24 heavy (non-hydrogen) atoms. The number of likely N-dealkylation sites (tertiary alicyclic amines) is 1. The standard InChI is InChI=1S/C18H19NO5/c1-23-16-8-15(9-17(20)21)19(10-16)18(22)13-4-2-3-12(7-13)14-5-6-24-11-14/h2-7,11,15-16H,8-10H2,1H3,(H,20,21). The van der Waals surface area contributed by atoms with Gasteiger partial charge in [-0.25, -0.2) is 0 Å². The van der Waals surface area contributed by atoms with Crippen molar-refractivity contribution in [1.82, 2.24) is 4.90 Å². The second-order valence-corrected chi connectivity index (χ2v) is 5.90. The molecule has 126 valence electrons. The smallest absolute Gasteiger partial charge is 0.305 e. The molecule has 2 heterocycles. The number of hydrogen-bond acceptors (Lipinski definition) is 4. The lowest BCUT2D eigenvalue weighted by molar-refractivity contribution is -0.137. The predicted octanol–water partition coefficient (Wildman–Crippen LogP) is 2.65. The summed E-state index contributed by atoms with van der Waals surface area (Å²) in [4.78, 5) is 25.6. The maximum absolute atomic E-state index is 12.9. The van der Waals surface area contributed by atoms with E-state index in [1.165, 1.54) is 0 Å². The Morgan fingerprint density at radius 1 is 1.33 bits per heavy atom. The highest BCUT2D eigenvalue weighted by molar-refractivity contribution is 5.96. The summed E-state index contributed by atoms with van der Waals surface area (Å²) in [7, 11) is 1.58. The van der Waals surface area contributed by atoms with Crippen LogP contribution < -0.4 is 0 Å². The average molecular weight is 329 g/mol. The molecule has 6 heteroatoms. The summed E-state index contributed by atoms with van der Waals surface area (Å²) in [5, 5.41) is 9.08. The minimum Gasteiger partial charge on any atom is -0.481 e. The van der Waals surface area contributed by atoms with Crippen molar-refractivity contribution >= 4 is 11.9 Å². The van der Waals surface area contributed by atoms with Crippen LogP contribution >= 0.6 is 0 Å². The number of ether oxygens (including phenoxy) is 1. The largest absolute Gasteiger partial charge is 0.481 e. The lowest BCUT2D eigenvalue weighted by atomic mass is 10.0. The summed E-state index contributed by atoms with van der Waals surface area (Å²) in [5.74, 6) is -1.09. The fourth-order valence-corrected chi connectivity index (χ4v) is 3.11. The highest BCUT2D eigenvalue weighted by Crippen LogP contribution is 2.27. The number of carboxylic acids is 1. The van der Waals surface area contributed by atoms with Gasteiger partial charge in [0.25, 0.3) is 5.91 Å². The Balaban J connectivity index is 1.84. The maximum atomic E-state index is 12.9. The average Bonchev–Trinajstić information content (AvgIpc) is 3.23. The van der Waals surface area contributed by atoms with Crippen LogP contribution in [0.3, 0.4) is 0 Å². The van der Waals surface area contributed by atoms with Gasteiger partial charge in [0.2, 0.25) is 0 Å². The van der Waals surface area contributed by atoms with Crippen LogP contribution in [-0.4, -0.2) is 47.7 Å². The van der Waals surface area contributed by atoms with Crippen molar-refractivity contribution in [1.29, 1.82) is 0 Å². The van der Waals surface area contributed by atoms with Crippen LogP contribution in [0.4, 0.5) is 0 Å².